The van der Waals surface area contributed by atoms with Crippen LogP contribution >= 0.6 is 0 Å². The Morgan fingerprint density at radius 2 is 1.79 bits per heavy atom. The van der Waals surface area contributed by atoms with Crippen molar-refractivity contribution in [2.45, 2.75) is 78.2 Å². The van der Waals surface area contributed by atoms with Crippen molar-refractivity contribution in [3.63, 3.8) is 0 Å². The van der Waals surface area contributed by atoms with Crippen LogP contribution in [0, 0.1) is 28.6 Å². The van der Waals surface area contributed by atoms with Gasteiger partial charge in [0, 0.05) is 48.5 Å². The van der Waals surface area contributed by atoms with Crippen molar-refractivity contribution < 1.29 is 29.1 Å². The average molecular weight is 405 g/mol. The molecule has 0 bridgehead atoms. The highest BCUT2D eigenvalue weighted by molar-refractivity contribution is 5.99. The molecule has 6 atom stereocenters. The quantitative estimate of drug-likeness (QED) is 0.700. The Labute approximate surface area is 171 Å². The number of carbonyl (C=O) groups is 5. The third-order valence-electron chi connectivity index (χ3n) is 7.76. The third-order valence-corrected chi connectivity index (χ3v) is 7.76. The molecule has 0 aromatic heterocycles. The van der Waals surface area contributed by atoms with Gasteiger partial charge < -0.3 is 10.4 Å². The molecule has 3 aliphatic carbocycles. The van der Waals surface area contributed by atoms with Gasteiger partial charge in [-0.05, 0) is 38.0 Å². The average Bonchev–Trinajstić information content (AvgIpc) is 2.90. The van der Waals surface area contributed by atoms with E-state index in [2.05, 4.69) is 5.32 Å². The standard InChI is InChI=1S/C22H31NO6/c1-12(10-19(28)29)23-18(27)8-9-21(2)16(25)6-4-13-14-5-7-17(26)22(14,3)11-15(24)20(13)21/h12-14,20H,4-11H2,1-3H3,(H,23,27)(H,28,29)/t12?,13?,14?,20?,21-,22?/m0/s1. The Kier molecular flexibility index (Phi) is 5.71. The van der Waals surface area contributed by atoms with Gasteiger partial charge in [-0.2, -0.15) is 0 Å². The molecule has 2 N–H and O–H groups in total. The largest absolute Gasteiger partial charge is 0.481 e. The molecule has 0 aliphatic heterocycles. The van der Waals surface area contributed by atoms with E-state index in [1.165, 1.54) is 0 Å². The summed E-state index contributed by atoms with van der Waals surface area (Å²) in [6.07, 6.45) is 2.67. The van der Waals surface area contributed by atoms with Crippen molar-refractivity contribution >= 4 is 29.2 Å². The number of hydrogen-bond acceptors (Lipinski definition) is 5. The fraction of sp³-hybridized carbons (Fsp3) is 0.773. The third kappa shape index (κ3) is 3.76. The second-order valence-corrected chi connectivity index (χ2v) is 9.72. The summed E-state index contributed by atoms with van der Waals surface area (Å²) >= 11 is 0. The van der Waals surface area contributed by atoms with E-state index in [1.807, 2.05) is 6.92 Å². The van der Waals surface area contributed by atoms with Crippen molar-refractivity contribution in [2.75, 3.05) is 0 Å². The van der Waals surface area contributed by atoms with Gasteiger partial charge in [0.2, 0.25) is 5.91 Å². The number of carbonyl (C=O) groups excluding carboxylic acids is 4. The molecule has 1 amide bonds. The SMILES string of the molecule is CC(CC(=O)O)NC(=O)CC[C@@]1(C)C(=O)CCC2C3CCC(=O)C3(C)CC(=O)C21. The topological polar surface area (TPSA) is 118 Å². The van der Waals surface area contributed by atoms with E-state index in [0.717, 1.165) is 6.42 Å². The normalized spacial score (nSPS) is 37.6. The van der Waals surface area contributed by atoms with Crippen molar-refractivity contribution in [1.29, 1.82) is 0 Å². The maximum Gasteiger partial charge on any atom is 0.305 e. The predicted octanol–water partition coefficient (Wildman–Crippen LogP) is 2.31. The number of nitrogens with one attached hydrogen (secondary N) is 1. The van der Waals surface area contributed by atoms with Gasteiger partial charge in [-0.1, -0.05) is 13.8 Å². The number of carboxylic acids is 1. The Morgan fingerprint density at radius 1 is 1.14 bits per heavy atom. The minimum absolute atomic E-state index is 0.0146. The van der Waals surface area contributed by atoms with Crippen LogP contribution in [-0.2, 0) is 24.0 Å². The molecule has 3 saturated carbocycles. The summed E-state index contributed by atoms with van der Waals surface area (Å²) in [4.78, 5) is 61.6. The zero-order valence-electron chi connectivity index (χ0n) is 17.5. The first kappa shape index (κ1) is 21.7. The van der Waals surface area contributed by atoms with Crippen LogP contribution in [-0.4, -0.2) is 40.4 Å². The lowest BCUT2D eigenvalue weighted by molar-refractivity contribution is -0.160. The molecule has 0 saturated heterocycles. The maximum absolute atomic E-state index is 13.2. The summed E-state index contributed by atoms with van der Waals surface area (Å²) in [6, 6.07) is -0.496. The predicted molar refractivity (Wildman–Crippen MR) is 104 cm³/mol. The van der Waals surface area contributed by atoms with Crippen LogP contribution in [0.15, 0.2) is 0 Å². The summed E-state index contributed by atoms with van der Waals surface area (Å²) in [5.74, 6) is -1.41. The Balaban J connectivity index is 1.75. The van der Waals surface area contributed by atoms with Crippen LogP contribution in [0.1, 0.15) is 72.1 Å². The molecule has 0 radical (unpaired) electrons. The fourth-order valence-corrected chi connectivity index (χ4v) is 6.24. The van der Waals surface area contributed by atoms with Gasteiger partial charge in [-0.3, -0.25) is 24.0 Å². The van der Waals surface area contributed by atoms with E-state index in [4.69, 9.17) is 5.11 Å². The smallest absolute Gasteiger partial charge is 0.305 e. The first-order valence-electron chi connectivity index (χ1n) is 10.6. The van der Waals surface area contributed by atoms with Crippen LogP contribution in [0.5, 0.6) is 0 Å². The second-order valence-electron chi connectivity index (χ2n) is 9.72. The van der Waals surface area contributed by atoms with E-state index in [0.29, 0.717) is 19.3 Å². The molecule has 0 aromatic carbocycles. The van der Waals surface area contributed by atoms with Gasteiger partial charge >= 0.3 is 5.97 Å². The summed E-state index contributed by atoms with van der Waals surface area (Å²) in [7, 11) is 0. The summed E-state index contributed by atoms with van der Waals surface area (Å²) < 4.78 is 0. The number of amides is 1. The van der Waals surface area contributed by atoms with Gasteiger partial charge in [0.1, 0.15) is 17.3 Å². The molecule has 3 fully saturated rings. The highest BCUT2D eigenvalue weighted by Crippen LogP contribution is 2.60. The van der Waals surface area contributed by atoms with Crippen LogP contribution in [0.2, 0.25) is 0 Å². The lowest BCUT2D eigenvalue weighted by Crippen LogP contribution is -2.56. The van der Waals surface area contributed by atoms with Gasteiger partial charge in [-0.25, -0.2) is 0 Å². The molecule has 7 heteroatoms. The number of rotatable bonds is 6. The van der Waals surface area contributed by atoms with Crippen LogP contribution in [0.25, 0.3) is 0 Å². The first-order chi connectivity index (χ1) is 13.5. The molecule has 0 heterocycles. The second kappa shape index (κ2) is 7.65. The van der Waals surface area contributed by atoms with E-state index < -0.39 is 28.8 Å². The number of aliphatic carboxylic acids is 1. The molecule has 0 aromatic rings. The first-order valence-corrected chi connectivity index (χ1v) is 10.6. The van der Waals surface area contributed by atoms with Crippen LogP contribution in [0.3, 0.4) is 0 Å². The molecule has 0 spiro atoms. The number of carboxylic acid groups (broad SMARTS) is 1. The monoisotopic (exact) mass is 405 g/mol. The lowest BCUT2D eigenvalue weighted by Gasteiger charge is -2.52. The van der Waals surface area contributed by atoms with E-state index in [1.54, 1.807) is 13.8 Å². The Bertz CT molecular complexity index is 760. The highest BCUT2D eigenvalue weighted by atomic mass is 16.4. The highest BCUT2D eigenvalue weighted by Gasteiger charge is 2.62. The zero-order valence-corrected chi connectivity index (χ0v) is 17.5. The van der Waals surface area contributed by atoms with E-state index in [-0.39, 0.29) is 60.8 Å². The molecular formula is C22H31NO6. The molecule has 5 unspecified atom stereocenters. The van der Waals surface area contributed by atoms with Gasteiger partial charge in [0.25, 0.3) is 0 Å². The number of hydrogen-bond donors (Lipinski definition) is 2. The van der Waals surface area contributed by atoms with E-state index >= 15 is 0 Å². The summed E-state index contributed by atoms with van der Waals surface area (Å²) in [5.41, 5.74) is -1.50. The fourth-order valence-electron chi connectivity index (χ4n) is 6.24. The van der Waals surface area contributed by atoms with E-state index in [9.17, 15) is 24.0 Å². The zero-order chi connectivity index (χ0) is 21.6. The molecule has 29 heavy (non-hydrogen) atoms. The van der Waals surface area contributed by atoms with Gasteiger partial charge in [0.15, 0.2) is 0 Å². The van der Waals surface area contributed by atoms with Crippen LogP contribution < -0.4 is 5.32 Å². The Hall–Kier alpha value is -2.05. The number of Topliss-reactive ketones (excluding diaryl/α,β-unsaturated/α-hetero) is 3. The molecule has 7 nitrogen and oxygen atoms in total. The number of ketones is 3. The minimum atomic E-state index is -0.989. The van der Waals surface area contributed by atoms with Gasteiger partial charge in [-0.15, -0.1) is 0 Å². The van der Waals surface area contributed by atoms with Crippen molar-refractivity contribution in [3.05, 3.63) is 0 Å². The van der Waals surface area contributed by atoms with Crippen LogP contribution in [0.4, 0.5) is 0 Å². The molecule has 3 aliphatic rings. The van der Waals surface area contributed by atoms with Crippen molar-refractivity contribution in [1.82, 2.24) is 5.32 Å². The number of fused-ring (bicyclic) bond motifs is 3. The van der Waals surface area contributed by atoms with Crippen molar-refractivity contribution in [3.8, 4) is 0 Å². The summed E-state index contributed by atoms with van der Waals surface area (Å²) in [6.45, 7) is 5.34. The maximum atomic E-state index is 13.2. The molecule has 160 valence electrons. The van der Waals surface area contributed by atoms with Gasteiger partial charge in [0.05, 0.1) is 6.42 Å². The minimum Gasteiger partial charge on any atom is -0.481 e. The molecular weight excluding hydrogens is 374 g/mol. The lowest BCUT2D eigenvalue weighted by atomic mass is 9.48. The van der Waals surface area contributed by atoms with Crippen molar-refractivity contribution in [2.24, 2.45) is 28.6 Å². The molecule has 3 rings (SSSR count). The Morgan fingerprint density at radius 3 is 2.45 bits per heavy atom. The summed E-state index contributed by atoms with van der Waals surface area (Å²) in [5, 5.41) is 11.5.